The van der Waals surface area contributed by atoms with Gasteiger partial charge >= 0.3 is 0 Å². The topological polar surface area (TPSA) is 34.1 Å². The summed E-state index contributed by atoms with van der Waals surface area (Å²) < 4.78 is 0. The molecule has 0 aromatic heterocycles. The highest BCUT2D eigenvalue weighted by molar-refractivity contribution is 5.99. The molecule has 0 aliphatic rings. The van der Waals surface area contributed by atoms with Gasteiger partial charge in [-0.3, -0.25) is 9.59 Å². The Labute approximate surface area is 255 Å². The molecule has 0 bridgehead atoms. The molecule has 0 atom stereocenters. The first-order valence-corrected chi connectivity index (χ1v) is 17.1. The molecule has 2 nitrogen and oxygen atoms in total. The van der Waals surface area contributed by atoms with Crippen molar-refractivity contribution in [2.24, 2.45) is 0 Å². The predicted molar refractivity (Wildman–Crippen MR) is 182 cm³/mol. The van der Waals surface area contributed by atoms with Crippen LogP contribution in [0.4, 0.5) is 0 Å². The Morgan fingerprint density at radius 1 is 0.390 bits per heavy atom. The summed E-state index contributed by atoms with van der Waals surface area (Å²) in [5.41, 5.74) is 0. The number of allylic oxidation sites excluding steroid dienone is 12. The zero-order chi connectivity index (χ0) is 29.9. The van der Waals surface area contributed by atoms with Gasteiger partial charge in [0.1, 0.15) is 11.6 Å². The van der Waals surface area contributed by atoms with E-state index in [1.165, 1.54) is 70.6 Å². The molecule has 0 saturated carbocycles. The van der Waals surface area contributed by atoms with Gasteiger partial charge in [-0.2, -0.15) is 0 Å². The molecule has 0 aliphatic carbocycles. The lowest BCUT2D eigenvalue weighted by Crippen LogP contribution is -2.07. The summed E-state index contributed by atoms with van der Waals surface area (Å²) in [5, 5.41) is 0. The molecule has 0 radical (unpaired) electrons. The van der Waals surface area contributed by atoms with Gasteiger partial charge in [-0.05, 0) is 51.4 Å². The van der Waals surface area contributed by atoms with Gasteiger partial charge in [-0.15, -0.1) is 0 Å². The number of carbonyl (C=O) groups is 2. The summed E-state index contributed by atoms with van der Waals surface area (Å²) >= 11 is 0. The van der Waals surface area contributed by atoms with E-state index in [1.807, 2.05) is 0 Å². The van der Waals surface area contributed by atoms with Gasteiger partial charge in [-0.25, -0.2) is 0 Å². The van der Waals surface area contributed by atoms with E-state index in [2.05, 4.69) is 86.8 Å². The van der Waals surface area contributed by atoms with E-state index in [9.17, 15) is 9.59 Å². The SMILES string of the molecule is CC/C=C/C/C=C/C/C=C/C/C=C/C/C=C/C/C=C/CCC(=O)CC(=O)CCCCCCCCCCCCCCC. The largest absolute Gasteiger partial charge is 0.299 e. The Morgan fingerprint density at radius 2 is 0.732 bits per heavy atom. The van der Waals surface area contributed by atoms with Gasteiger partial charge in [-0.1, -0.05) is 164 Å². The highest BCUT2D eigenvalue weighted by Gasteiger charge is 2.08. The molecule has 0 fully saturated rings. The van der Waals surface area contributed by atoms with E-state index in [4.69, 9.17) is 0 Å². The minimum atomic E-state index is 0.0872. The second kappa shape index (κ2) is 34.0. The molecule has 0 spiro atoms. The smallest absolute Gasteiger partial charge is 0.140 e. The Balaban J connectivity index is 3.55. The molecule has 0 rings (SSSR count). The number of Topliss-reactive ketones (excluding diaryl/α,β-unsaturated/α-hetero) is 2. The fraction of sp³-hybridized carbons (Fsp3) is 0.641. The Hall–Kier alpha value is -2.22. The van der Waals surface area contributed by atoms with Crippen molar-refractivity contribution in [1.82, 2.24) is 0 Å². The summed E-state index contributed by atoms with van der Waals surface area (Å²) in [4.78, 5) is 24.2. The van der Waals surface area contributed by atoms with Crippen LogP contribution < -0.4 is 0 Å². The molecule has 0 unspecified atom stereocenters. The van der Waals surface area contributed by atoms with Crippen molar-refractivity contribution >= 4 is 11.6 Å². The highest BCUT2D eigenvalue weighted by Crippen LogP contribution is 2.13. The molecule has 0 saturated heterocycles. The van der Waals surface area contributed by atoms with Gasteiger partial charge in [0.15, 0.2) is 0 Å². The van der Waals surface area contributed by atoms with Gasteiger partial charge in [0, 0.05) is 12.8 Å². The minimum absolute atomic E-state index is 0.0872. The van der Waals surface area contributed by atoms with Crippen LogP contribution in [-0.2, 0) is 9.59 Å². The lowest BCUT2D eigenvalue weighted by atomic mass is 10.0. The van der Waals surface area contributed by atoms with Crippen molar-refractivity contribution in [3.63, 3.8) is 0 Å². The van der Waals surface area contributed by atoms with Crippen LogP contribution in [0.2, 0.25) is 0 Å². The molecule has 0 heterocycles. The van der Waals surface area contributed by atoms with Crippen LogP contribution in [0.3, 0.4) is 0 Å². The first-order chi connectivity index (χ1) is 20.2. The Morgan fingerprint density at radius 3 is 1.15 bits per heavy atom. The van der Waals surface area contributed by atoms with E-state index in [1.54, 1.807) is 0 Å². The van der Waals surface area contributed by atoms with Crippen LogP contribution in [0.1, 0.15) is 162 Å². The van der Waals surface area contributed by atoms with E-state index in [0.29, 0.717) is 12.8 Å². The third-order valence-electron chi connectivity index (χ3n) is 7.14. The monoisotopic (exact) mass is 564 g/mol. The van der Waals surface area contributed by atoms with Crippen molar-refractivity contribution in [3.05, 3.63) is 72.9 Å². The number of carbonyl (C=O) groups excluding carboxylic acids is 2. The second-order valence-electron chi connectivity index (χ2n) is 11.2. The van der Waals surface area contributed by atoms with Crippen molar-refractivity contribution in [2.45, 2.75) is 162 Å². The van der Waals surface area contributed by atoms with Crippen LogP contribution in [0.25, 0.3) is 0 Å². The quantitative estimate of drug-likeness (QED) is 0.0494. The van der Waals surface area contributed by atoms with Gasteiger partial charge in [0.25, 0.3) is 0 Å². The molecule has 0 N–H and O–H groups in total. The lowest BCUT2D eigenvalue weighted by Gasteiger charge is -2.03. The van der Waals surface area contributed by atoms with Crippen molar-refractivity contribution in [2.75, 3.05) is 0 Å². The molecule has 0 aromatic carbocycles. The van der Waals surface area contributed by atoms with Gasteiger partial charge < -0.3 is 0 Å². The van der Waals surface area contributed by atoms with E-state index >= 15 is 0 Å². The predicted octanol–water partition coefficient (Wildman–Crippen LogP) is 12.5. The lowest BCUT2D eigenvalue weighted by molar-refractivity contribution is -0.127. The normalized spacial score (nSPS) is 12.5. The second-order valence-corrected chi connectivity index (χ2v) is 11.2. The number of ketones is 2. The van der Waals surface area contributed by atoms with Crippen LogP contribution in [0.5, 0.6) is 0 Å². The first kappa shape index (κ1) is 38.8. The van der Waals surface area contributed by atoms with Crippen LogP contribution in [0.15, 0.2) is 72.9 Å². The molecule has 2 heteroatoms. The minimum Gasteiger partial charge on any atom is -0.299 e. The molecular weight excluding hydrogens is 500 g/mol. The van der Waals surface area contributed by atoms with Crippen molar-refractivity contribution in [3.8, 4) is 0 Å². The van der Waals surface area contributed by atoms with Crippen LogP contribution in [-0.4, -0.2) is 11.6 Å². The van der Waals surface area contributed by atoms with Crippen molar-refractivity contribution < 1.29 is 9.59 Å². The summed E-state index contributed by atoms with van der Waals surface area (Å²) in [6.45, 7) is 4.43. The zero-order valence-electron chi connectivity index (χ0n) is 27.0. The molecule has 41 heavy (non-hydrogen) atoms. The number of hydrogen-bond donors (Lipinski definition) is 0. The standard InChI is InChI=1S/C39H64O2/c1-3-5-7-9-11-13-15-17-18-19-20-21-22-24-26-28-30-32-34-36-39(41)37-38(40)35-33-31-29-27-25-23-16-14-12-10-8-6-4-2/h5,7,11,13,17-18,20-21,24,26,30,32H,3-4,6,8-10,12,14-16,19,22-23,25,27-29,31,33-37H2,1-2H3/b7-5+,13-11+,18-17+,21-20+,26-24+,32-30+. The Bertz CT molecular complexity index is 762. The third kappa shape index (κ3) is 33.9. The highest BCUT2D eigenvalue weighted by atomic mass is 16.1. The fourth-order valence-electron chi connectivity index (χ4n) is 4.62. The summed E-state index contributed by atoms with van der Waals surface area (Å²) in [5.74, 6) is 0.213. The number of hydrogen-bond acceptors (Lipinski definition) is 2. The average molecular weight is 565 g/mol. The maximum Gasteiger partial charge on any atom is 0.140 e. The van der Waals surface area contributed by atoms with Gasteiger partial charge in [0.2, 0.25) is 0 Å². The Kier molecular flexibility index (Phi) is 32.1. The van der Waals surface area contributed by atoms with Gasteiger partial charge in [0.05, 0.1) is 6.42 Å². The average Bonchev–Trinajstić information content (AvgIpc) is 2.96. The van der Waals surface area contributed by atoms with Crippen LogP contribution in [0, 0.1) is 0 Å². The van der Waals surface area contributed by atoms with Crippen LogP contribution >= 0.6 is 0 Å². The number of unbranched alkanes of at least 4 members (excludes halogenated alkanes) is 12. The first-order valence-electron chi connectivity index (χ1n) is 17.1. The maximum absolute atomic E-state index is 12.1. The van der Waals surface area contributed by atoms with E-state index < -0.39 is 0 Å². The summed E-state index contributed by atoms with van der Waals surface area (Å²) in [6.07, 6.45) is 51.0. The molecular formula is C39H64O2. The van der Waals surface area contributed by atoms with Crippen molar-refractivity contribution in [1.29, 1.82) is 0 Å². The summed E-state index contributed by atoms with van der Waals surface area (Å²) in [7, 11) is 0. The van der Waals surface area contributed by atoms with E-state index in [0.717, 1.165) is 57.8 Å². The fourth-order valence-corrected chi connectivity index (χ4v) is 4.62. The third-order valence-corrected chi connectivity index (χ3v) is 7.14. The molecule has 0 aromatic rings. The maximum atomic E-state index is 12.1. The summed E-state index contributed by atoms with van der Waals surface area (Å²) in [6, 6.07) is 0. The zero-order valence-corrected chi connectivity index (χ0v) is 27.0. The molecule has 0 aliphatic heterocycles. The molecule has 232 valence electrons. The van der Waals surface area contributed by atoms with E-state index in [-0.39, 0.29) is 18.0 Å². The number of rotatable bonds is 30. The molecule has 0 amide bonds.